The van der Waals surface area contributed by atoms with E-state index >= 15 is 0 Å². The third kappa shape index (κ3) is 4.86. The normalized spacial score (nSPS) is 10.3. The van der Waals surface area contributed by atoms with Crippen LogP contribution in [0.1, 0.15) is 36.5 Å². The van der Waals surface area contributed by atoms with Crippen LogP contribution in [-0.4, -0.2) is 49.1 Å². The van der Waals surface area contributed by atoms with Gasteiger partial charge in [0.25, 0.3) is 5.91 Å². The minimum absolute atomic E-state index is 0.0947. The van der Waals surface area contributed by atoms with E-state index in [1.807, 2.05) is 6.07 Å². The third-order valence-corrected chi connectivity index (χ3v) is 3.47. The number of carbonyl (C=O) groups is 2. The molecule has 0 saturated heterocycles. The Morgan fingerprint density at radius 1 is 1.10 bits per heavy atom. The molecule has 2 amide bonds. The molecule has 5 nitrogen and oxygen atoms in total. The van der Waals surface area contributed by atoms with Crippen molar-refractivity contribution in [2.24, 2.45) is 0 Å². The van der Waals surface area contributed by atoms with Gasteiger partial charge < -0.3 is 14.9 Å². The first-order valence-electron chi connectivity index (χ1n) is 7.18. The summed E-state index contributed by atoms with van der Waals surface area (Å²) in [7, 11) is 3.42. The SMILES string of the molecule is CC(=O)N(C)c1ccccc1C(=O)N(C)CCCCCO. The highest BCUT2D eigenvalue weighted by molar-refractivity contribution is 6.04. The van der Waals surface area contributed by atoms with Crippen LogP contribution in [0.2, 0.25) is 0 Å². The fraction of sp³-hybridized carbons (Fsp3) is 0.500. The minimum Gasteiger partial charge on any atom is -0.396 e. The van der Waals surface area contributed by atoms with E-state index < -0.39 is 0 Å². The molecule has 0 spiro atoms. The summed E-state index contributed by atoms with van der Waals surface area (Å²) in [6.07, 6.45) is 2.50. The van der Waals surface area contributed by atoms with Crippen LogP contribution in [0.5, 0.6) is 0 Å². The van der Waals surface area contributed by atoms with Crippen molar-refractivity contribution in [3.8, 4) is 0 Å². The quantitative estimate of drug-likeness (QED) is 0.781. The van der Waals surface area contributed by atoms with Gasteiger partial charge in [0.1, 0.15) is 0 Å². The Kier molecular flexibility index (Phi) is 6.88. The molecule has 116 valence electrons. The number of anilines is 1. The topological polar surface area (TPSA) is 60.9 Å². The van der Waals surface area contributed by atoms with Crippen molar-refractivity contribution in [2.45, 2.75) is 26.2 Å². The van der Waals surface area contributed by atoms with Gasteiger partial charge in [0, 0.05) is 34.2 Å². The summed E-state index contributed by atoms with van der Waals surface area (Å²) in [5, 5.41) is 8.75. The fourth-order valence-corrected chi connectivity index (χ4v) is 2.06. The summed E-state index contributed by atoms with van der Waals surface area (Å²) in [6.45, 7) is 2.29. The molecule has 0 aliphatic carbocycles. The molecule has 1 aromatic rings. The van der Waals surface area contributed by atoms with Crippen LogP contribution in [0.25, 0.3) is 0 Å². The zero-order valence-electron chi connectivity index (χ0n) is 13.0. The van der Waals surface area contributed by atoms with Gasteiger partial charge in [-0.25, -0.2) is 0 Å². The van der Waals surface area contributed by atoms with Gasteiger partial charge in [-0.3, -0.25) is 9.59 Å². The van der Waals surface area contributed by atoms with Crippen molar-refractivity contribution in [1.82, 2.24) is 4.90 Å². The van der Waals surface area contributed by atoms with Crippen LogP contribution >= 0.6 is 0 Å². The average Bonchev–Trinajstić information content (AvgIpc) is 2.49. The molecule has 0 bridgehead atoms. The molecule has 0 unspecified atom stereocenters. The standard InChI is InChI=1S/C16H24N2O3/c1-13(20)18(3)15-10-6-5-9-14(15)16(21)17(2)11-7-4-8-12-19/h5-6,9-10,19H,4,7-8,11-12H2,1-3H3. The highest BCUT2D eigenvalue weighted by atomic mass is 16.3. The molecule has 0 radical (unpaired) electrons. The Balaban J connectivity index is 2.80. The molecule has 21 heavy (non-hydrogen) atoms. The van der Waals surface area contributed by atoms with Crippen molar-refractivity contribution in [3.63, 3.8) is 0 Å². The van der Waals surface area contributed by atoms with Gasteiger partial charge in [-0.15, -0.1) is 0 Å². The Morgan fingerprint density at radius 3 is 2.38 bits per heavy atom. The fourth-order valence-electron chi connectivity index (χ4n) is 2.06. The van der Waals surface area contributed by atoms with Gasteiger partial charge in [0.05, 0.1) is 11.3 Å². The molecule has 5 heteroatoms. The van der Waals surface area contributed by atoms with Gasteiger partial charge in [0.2, 0.25) is 5.91 Å². The number of aliphatic hydroxyl groups excluding tert-OH is 1. The van der Waals surface area contributed by atoms with Crippen LogP contribution in [0.4, 0.5) is 5.69 Å². The number of benzene rings is 1. The zero-order chi connectivity index (χ0) is 15.8. The lowest BCUT2D eigenvalue weighted by Gasteiger charge is -2.22. The maximum absolute atomic E-state index is 12.5. The van der Waals surface area contributed by atoms with Crippen LogP contribution in [0.3, 0.4) is 0 Å². The predicted molar refractivity (Wildman–Crippen MR) is 83.4 cm³/mol. The van der Waals surface area contributed by atoms with E-state index in [1.165, 1.54) is 11.8 Å². The van der Waals surface area contributed by atoms with Crippen LogP contribution < -0.4 is 4.90 Å². The number of unbranched alkanes of at least 4 members (excludes halogenated alkanes) is 2. The Morgan fingerprint density at radius 2 is 1.76 bits per heavy atom. The van der Waals surface area contributed by atoms with E-state index in [0.29, 0.717) is 17.8 Å². The summed E-state index contributed by atoms with van der Waals surface area (Å²) < 4.78 is 0. The molecule has 1 N–H and O–H groups in total. The van der Waals surface area contributed by atoms with E-state index in [0.717, 1.165) is 19.3 Å². The number of aliphatic hydroxyl groups is 1. The van der Waals surface area contributed by atoms with Crippen molar-refractivity contribution in [2.75, 3.05) is 32.1 Å². The maximum Gasteiger partial charge on any atom is 0.255 e. The molecule has 1 aromatic carbocycles. The average molecular weight is 292 g/mol. The van der Waals surface area contributed by atoms with Crippen molar-refractivity contribution < 1.29 is 14.7 Å². The number of carbonyl (C=O) groups excluding carboxylic acids is 2. The van der Waals surface area contributed by atoms with E-state index in [9.17, 15) is 9.59 Å². The first-order chi connectivity index (χ1) is 9.99. The summed E-state index contributed by atoms with van der Waals surface area (Å²) in [6, 6.07) is 7.12. The lowest BCUT2D eigenvalue weighted by atomic mass is 10.1. The number of nitrogens with zero attached hydrogens (tertiary/aromatic N) is 2. The molecular formula is C16H24N2O3. The molecule has 0 aliphatic heterocycles. The Bertz CT molecular complexity index is 488. The van der Waals surface area contributed by atoms with Gasteiger partial charge in [0.15, 0.2) is 0 Å². The molecule has 0 aliphatic rings. The molecule has 0 fully saturated rings. The number of amides is 2. The molecule has 0 aromatic heterocycles. The number of para-hydroxylation sites is 1. The number of hydrogen-bond donors (Lipinski definition) is 1. The molecular weight excluding hydrogens is 268 g/mol. The monoisotopic (exact) mass is 292 g/mol. The second-order valence-electron chi connectivity index (χ2n) is 5.11. The van der Waals surface area contributed by atoms with E-state index in [4.69, 9.17) is 5.11 Å². The molecule has 0 atom stereocenters. The number of hydrogen-bond acceptors (Lipinski definition) is 3. The van der Waals surface area contributed by atoms with E-state index in [1.54, 1.807) is 37.2 Å². The zero-order valence-corrected chi connectivity index (χ0v) is 13.0. The summed E-state index contributed by atoms with van der Waals surface area (Å²) >= 11 is 0. The summed E-state index contributed by atoms with van der Waals surface area (Å²) in [5.41, 5.74) is 1.15. The second-order valence-corrected chi connectivity index (χ2v) is 5.11. The lowest BCUT2D eigenvalue weighted by Crippen LogP contribution is -2.31. The maximum atomic E-state index is 12.5. The molecule has 0 heterocycles. The Labute approximate surface area is 126 Å². The first kappa shape index (κ1) is 17.2. The highest BCUT2D eigenvalue weighted by Crippen LogP contribution is 2.21. The lowest BCUT2D eigenvalue weighted by molar-refractivity contribution is -0.116. The smallest absolute Gasteiger partial charge is 0.255 e. The summed E-state index contributed by atoms with van der Waals surface area (Å²) in [5.74, 6) is -0.205. The molecule has 0 saturated carbocycles. The van der Waals surface area contributed by atoms with Crippen molar-refractivity contribution in [3.05, 3.63) is 29.8 Å². The van der Waals surface area contributed by atoms with Crippen molar-refractivity contribution in [1.29, 1.82) is 0 Å². The van der Waals surface area contributed by atoms with Crippen LogP contribution in [-0.2, 0) is 4.79 Å². The van der Waals surface area contributed by atoms with Crippen LogP contribution in [0, 0.1) is 0 Å². The Hall–Kier alpha value is -1.88. The minimum atomic E-state index is -0.110. The predicted octanol–water partition coefficient (Wildman–Crippen LogP) is 1.90. The van der Waals surface area contributed by atoms with Gasteiger partial charge in [-0.2, -0.15) is 0 Å². The molecule has 1 rings (SSSR count). The second kappa shape index (κ2) is 8.42. The van der Waals surface area contributed by atoms with Crippen molar-refractivity contribution >= 4 is 17.5 Å². The number of rotatable bonds is 7. The van der Waals surface area contributed by atoms with E-state index in [-0.39, 0.29) is 18.4 Å². The van der Waals surface area contributed by atoms with E-state index in [2.05, 4.69) is 0 Å². The van der Waals surface area contributed by atoms with Gasteiger partial charge >= 0.3 is 0 Å². The van der Waals surface area contributed by atoms with Crippen LogP contribution in [0.15, 0.2) is 24.3 Å². The third-order valence-electron chi connectivity index (χ3n) is 3.47. The highest BCUT2D eigenvalue weighted by Gasteiger charge is 2.18. The largest absolute Gasteiger partial charge is 0.396 e. The first-order valence-corrected chi connectivity index (χ1v) is 7.18. The van der Waals surface area contributed by atoms with Gasteiger partial charge in [-0.05, 0) is 31.4 Å². The van der Waals surface area contributed by atoms with Gasteiger partial charge in [-0.1, -0.05) is 12.1 Å². The summed E-state index contributed by atoms with van der Waals surface area (Å²) in [4.78, 5) is 27.1.